The van der Waals surface area contributed by atoms with Gasteiger partial charge in [-0.25, -0.2) is 0 Å². The summed E-state index contributed by atoms with van der Waals surface area (Å²) in [6.45, 7) is 0. The summed E-state index contributed by atoms with van der Waals surface area (Å²) < 4.78 is 0. The monoisotopic (exact) mass is 262 g/mol. The SMILES string of the molecule is SCCC1CCC2C3CC(C12)C1C2CCC(C2)C31. The smallest absolute Gasteiger partial charge is 0.00952 e. The summed E-state index contributed by atoms with van der Waals surface area (Å²) >= 11 is 4.51. The highest BCUT2D eigenvalue weighted by Gasteiger charge is 2.67. The third kappa shape index (κ3) is 1.17. The van der Waals surface area contributed by atoms with Crippen LogP contribution in [0.3, 0.4) is 0 Å². The maximum absolute atomic E-state index is 4.51. The molecule has 5 aliphatic carbocycles. The average Bonchev–Trinajstić information content (AvgIpc) is 3.13. The van der Waals surface area contributed by atoms with E-state index in [9.17, 15) is 0 Å². The second kappa shape index (κ2) is 3.71. The minimum absolute atomic E-state index is 1.07. The molecule has 9 unspecified atom stereocenters. The highest BCUT2D eigenvalue weighted by molar-refractivity contribution is 7.80. The normalized spacial score (nSPS) is 63.5. The van der Waals surface area contributed by atoms with Crippen molar-refractivity contribution in [3.8, 4) is 0 Å². The van der Waals surface area contributed by atoms with Crippen molar-refractivity contribution in [2.45, 2.75) is 44.9 Å². The van der Waals surface area contributed by atoms with Gasteiger partial charge >= 0.3 is 0 Å². The lowest BCUT2D eigenvalue weighted by Gasteiger charge is -2.42. The van der Waals surface area contributed by atoms with Crippen molar-refractivity contribution in [3.63, 3.8) is 0 Å². The van der Waals surface area contributed by atoms with Crippen molar-refractivity contribution in [2.24, 2.45) is 53.3 Å². The summed E-state index contributed by atoms with van der Waals surface area (Å²) in [5.74, 6) is 11.7. The van der Waals surface area contributed by atoms with Gasteiger partial charge in [-0.15, -0.1) is 0 Å². The minimum atomic E-state index is 1.07. The number of rotatable bonds is 2. The predicted octanol–water partition coefficient (Wildman–Crippen LogP) is 4.26. The van der Waals surface area contributed by atoms with Gasteiger partial charge in [0.1, 0.15) is 0 Å². The van der Waals surface area contributed by atoms with Gasteiger partial charge in [-0.2, -0.15) is 12.6 Å². The molecule has 0 spiro atoms. The van der Waals surface area contributed by atoms with Crippen LogP contribution in [0, 0.1) is 53.3 Å². The van der Waals surface area contributed by atoms with E-state index in [1.807, 2.05) is 0 Å². The van der Waals surface area contributed by atoms with E-state index < -0.39 is 0 Å². The molecule has 0 radical (unpaired) electrons. The lowest BCUT2D eigenvalue weighted by molar-refractivity contribution is 0.0550. The zero-order chi connectivity index (χ0) is 11.9. The Hall–Kier alpha value is 0.350. The van der Waals surface area contributed by atoms with Crippen LogP contribution >= 0.6 is 12.6 Å². The fraction of sp³-hybridized carbons (Fsp3) is 1.00. The zero-order valence-corrected chi connectivity index (χ0v) is 12.2. The highest BCUT2D eigenvalue weighted by atomic mass is 32.1. The van der Waals surface area contributed by atoms with Gasteiger partial charge in [-0.3, -0.25) is 0 Å². The molecule has 0 nitrogen and oxygen atoms in total. The molecule has 0 aromatic heterocycles. The van der Waals surface area contributed by atoms with Crippen LogP contribution in [-0.2, 0) is 0 Å². The van der Waals surface area contributed by atoms with Crippen LogP contribution in [0.5, 0.6) is 0 Å². The second-order valence-corrected chi connectivity index (χ2v) is 8.59. The molecule has 5 fully saturated rings. The van der Waals surface area contributed by atoms with E-state index in [-0.39, 0.29) is 0 Å². The third-order valence-electron chi connectivity index (χ3n) is 8.03. The summed E-state index contributed by atoms with van der Waals surface area (Å²) in [7, 11) is 0. The Balaban J connectivity index is 1.48. The fourth-order valence-electron chi connectivity index (χ4n) is 7.96. The van der Waals surface area contributed by atoms with E-state index in [0.717, 1.165) is 17.6 Å². The molecule has 5 aliphatic rings. The maximum atomic E-state index is 4.51. The summed E-state index contributed by atoms with van der Waals surface area (Å²) in [5.41, 5.74) is 0. The van der Waals surface area contributed by atoms with Crippen LogP contribution in [0.25, 0.3) is 0 Å². The molecule has 0 saturated heterocycles. The Morgan fingerprint density at radius 3 is 2.28 bits per heavy atom. The maximum Gasteiger partial charge on any atom is -0.00952 e. The van der Waals surface area contributed by atoms with Crippen molar-refractivity contribution in [3.05, 3.63) is 0 Å². The lowest BCUT2D eigenvalue weighted by atomic mass is 9.63. The second-order valence-electron chi connectivity index (χ2n) is 8.14. The van der Waals surface area contributed by atoms with Crippen LogP contribution in [-0.4, -0.2) is 5.75 Å². The van der Waals surface area contributed by atoms with Crippen molar-refractivity contribution >= 4 is 12.6 Å². The molecule has 0 aromatic rings. The van der Waals surface area contributed by atoms with E-state index in [2.05, 4.69) is 12.6 Å². The Labute approximate surface area is 117 Å². The summed E-state index contributed by atoms with van der Waals surface area (Å²) in [6.07, 6.45) is 11.1. The highest BCUT2D eigenvalue weighted by Crippen LogP contribution is 2.73. The third-order valence-corrected chi connectivity index (χ3v) is 8.29. The standard InChI is InChI=1S/C17H26S/c18-6-5-9-3-4-12-13-8-14(15(9)12)17-11-2-1-10(7-11)16(13)17/h9-18H,1-8H2. The zero-order valence-electron chi connectivity index (χ0n) is 11.3. The first-order valence-electron chi connectivity index (χ1n) is 8.49. The fourth-order valence-corrected chi connectivity index (χ4v) is 8.29. The van der Waals surface area contributed by atoms with E-state index in [4.69, 9.17) is 0 Å². The van der Waals surface area contributed by atoms with Gasteiger partial charge in [0, 0.05) is 0 Å². The van der Waals surface area contributed by atoms with Crippen molar-refractivity contribution in [1.82, 2.24) is 0 Å². The van der Waals surface area contributed by atoms with Crippen molar-refractivity contribution in [1.29, 1.82) is 0 Å². The molecule has 5 saturated carbocycles. The first-order valence-corrected chi connectivity index (χ1v) is 9.12. The quantitative estimate of drug-likeness (QED) is 0.558. The van der Waals surface area contributed by atoms with Crippen LogP contribution < -0.4 is 0 Å². The summed E-state index contributed by atoms with van der Waals surface area (Å²) in [6, 6.07) is 0. The molecule has 0 amide bonds. The topological polar surface area (TPSA) is 0 Å². The van der Waals surface area contributed by atoms with Crippen LogP contribution in [0.4, 0.5) is 0 Å². The molecule has 0 aromatic carbocycles. The average molecular weight is 262 g/mol. The van der Waals surface area contributed by atoms with E-state index in [1.54, 1.807) is 38.5 Å². The molecule has 1 heteroatoms. The first-order chi connectivity index (χ1) is 8.88. The van der Waals surface area contributed by atoms with Gasteiger partial charge in [-0.1, -0.05) is 0 Å². The van der Waals surface area contributed by atoms with Crippen LogP contribution in [0.2, 0.25) is 0 Å². The Morgan fingerprint density at radius 2 is 1.50 bits per heavy atom. The molecule has 0 heterocycles. The first kappa shape index (κ1) is 11.1. The predicted molar refractivity (Wildman–Crippen MR) is 77.6 cm³/mol. The molecular formula is C17H26S. The molecule has 9 atom stereocenters. The Kier molecular flexibility index (Phi) is 2.28. The van der Waals surface area contributed by atoms with Crippen LogP contribution in [0.15, 0.2) is 0 Å². The molecule has 18 heavy (non-hydrogen) atoms. The van der Waals surface area contributed by atoms with E-state index in [0.29, 0.717) is 0 Å². The number of hydrogen-bond acceptors (Lipinski definition) is 1. The number of hydrogen-bond donors (Lipinski definition) is 1. The van der Waals surface area contributed by atoms with E-state index in [1.165, 1.54) is 47.8 Å². The van der Waals surface area contributed by atoms with E-state index >= 15 is 0 Å². The van der Waals surface area contributed by atoms with Gasteiger partial charge < -0.3 is 0 Å². The molecule has 5 rings (SSSR count). The summed E-state index contributed by atoms with van der Waals surface area (Å²) in [5, 5.41) is 0. The lowest BCUT2D eigenvalue weighted by Crippen LogP contribution is -2.37. The van der Waals surface area contributed by atoms with Gasteiger partial charge in [0.05, 0.1) is 0 Å². The van der Waals surface area contributed by atoms with Crippen LogP contribution in [0.1, 0.15) is 44.9 Å². The molecule has 100 valence electrons. The van der Waals surface area contributed by atoms with Gasteiger partial charge in [-0.05, 0) is 104 Å². The Bertz CT molecular complexity index is 365. The Morgan fingerprint density at radius 1 is 0.722 bits per heavy atom. The number of fused-ring (bicyclic) bond motifs is 12. The summed E-state index contributed by atoms with van der Waals surface area (Å²) in [4.78, 5) is 0. The minimum Gasteiger partial charge on any atom is -0.179 e. The van der Waals surface area contributed by atoms with Gasteiger partial charge in [0.15, 0.2) is 0 Å². The number of thiol groups is 1. The van der Waals surface area contributed by atoms with Crippen molar-refractivity contribution in [2.75, 3.05) is 5.75 Å². The molecule has 4 bridgehead atoms. The molecule has 0 N–H and O–H groups in total. The molecule has 0 aliphatic heterocycles. The van der Waals surface area contributed by atoms with Gasteiger partial charge in [0.2, 0.25) is 0 Å². The largest absolute Gasteiger partial charge is 0.179 e. The molecular weight excluding hydrogens is 236 g/mol. The van der Waals surface area contributed by atoms with Gasteiger partial charge in [0.25, 0.3) is 0 Å². The van der Waals surface area contributed by atoms with Crippen molar-refractivity contribution < 1.29 is 0 Å².